The van der Waals surface area contributed by atoms with Crippen LogP contribution in [0, 0.1) is 5.41 Å². The van der Waals surface area contributed by atoms with Gasteiger partial charge >= 0.3 is 0 Å². The molecule has 2 rings (SSSR count). The Morgan fingerprint density at radius 1 is 0.800 bits per heavy atom. The van der Waals surface area contributed by atoms with Gasteiger partial charge in [0.25, 0.3) is 0 Å². The molecule has 0 bridgehead atoms. The average molecular weight is 194 g/mol. The van der Waals surface area contributed by atoms with Crippen molar-refractivity contribution in [1.82, 2.24) is 0 Å². The Kier molecular flexibility index (Phi) is 2.04. The Labute approximate surface area is 96.9 Å². The van der Waals surface area contributed by atoms with E-state index in [1.54, 1.807) is 0 Å². The van der Waals surface area contributed by atoms with Crippen molar-refractivity contribution in [3.8, 4) is 0 Å². The molecule has 0 heterocycles. The van der Waals surface area contributed by atoms with Crippen LogP contribution in [0.3, 0.4) is 0 Å². The Morgan fingerprint density at radius 3 is 1.47 bits per heavy atom. The largest absolute Gasteiger partial charge is 0.105 e. The topological polar surface area (TPSA) is 0 Å². The molecule has 0 amide bonds. The smallest absolute Gasteiger partial charge is 0.0620 e. The minimum atomic E-state index is 0.257. The first-order chi connectivity index (χ1) is 6.73. The molecule has 1 aliphatic rings. The van der Waals surface area contributed by atoms with Crippen LogP contribution in [-0.4, -0.2) is 31.4 Å². The summed E-state index contributed by atoms with van der Waals surface area (Å²) < 4.78 is 0. The van der Waals surface area contributed by atoms with Crippen molar-refractivity contribution < 1.29 is 0 Å². The normalized spacial score (nSPS) is 24.7. The van der Waals surface area contributed by atoms with Crippen LogP contribution in [-0.2, 0) is 10.4 Å². The van der Waals surface area contributed by atoms with Crippen molar-refractivity contribution in [3.63, 3.8) is 0 Å². The zero-order valence-electron chi connectivity index (χ0n) is 10.8. The first kappa shape index (κ1) is 11.0. The van der Waals surface area contributed by atoms with E-state index in [9.17, 15) is 0 Å². The summed E-state index contributed by atoms with van der Waals surface area (Å²) in [5, 5.41) is 0.514. The van der Waals surface area contributed by atoms with Crippen molar-refractivity contribution in [1.29, 1.82) is 0 Å². The minimum absolute atomic E-state index is 0.257. The van der Waals surface area contributed by atoms with Gasteiger partial charge in [0.1, 0.15) is 31.4 Å². The number of fused-ring (bicyclic) bond motifs is 1. The first-order valence-electron chi connectivity index (χ1n) is 5.83. The van der Waals surface area contributed by atoms with E-state index >= 15 is 0 Å². The van der Waals surface area contributed by atoms with Crippen LogP contribution in [0.25, 0.3) is 0 Å². The number of hydrogen-bond acceptors (Lipinski definition) is 0. The highest BCUT2D eigenvalue weighted by Gasteiger charge is 2.55. The molecule has 0 saturated heterocycles. The van der Waals surface area contributed by atoms with Crippen molar-refractivity contribution in [2.45, 2.75) is 24.3 Å². The molecule has 74 valence electrons. The molecule has 15 heavy (non-hydrogen) atoms. The Balaban J connectivity index is 2.78. The van der Waals surface area contributed by atoms with Crippen LogP contribution >= 0.6 is 0 Å². The lowest BCUT2D eigenvalue weighted by molar-refractivity contribution is 0.306. The van der Waals surface area contributed by atoms with Gasteiger partial charge in [-0.15, -0.1) is 0 Å². The molecule has 1 aromatic carbocycles. The van der Waals surface area contributed by atoms with Crippen molar-refractivity contribution >= 4 is 31.4 Å². The maximum absolute atomic E-state index is 2.40. The van der Waals surface area contributed by atoms with E-state index < -0.39 is 0 Å². The summed E-state index contributed by atoms with van der Waals surface area (Å²) in [6, 6.07) is 8.92. The third-order valence-corrected chi connectivity index (χ3v) is 5.40. The molecule has 0 saturated carbocycles. The predicted molar refractivity (Wildman–Crippen MR) is 77.8 cm³/mol. The van der Waals surface area contributed by atoms with E-state index in [0.717, 1.165) is 0 Å². The molecule has 4 heteroatoms. The molecule has 0 aliphatic heterocycles. The zero-order chi connectivity index (χ0) is 11.5. The fourth-order valence-electron chi connectivity index (χ4n) is 3.03. The van der Waals surface area contributed by atoms with Crippen LogP contribution in [0.5, 0.6) is 0 Å². The second kappa shape index (κ2) is 2.78. The molecule has 1 aliphatic carbocycles. The highest BCUT2D eigenvalue weighted by Crippen LogP contribution is 2.56. The second-order valence-corrected chi connectivity index (χ2v) is 6.42. The van der Waals surface area contributed by atoms with Crippen LogP contribution in [0.2, 0.25) is 0 Å². The summed E-state index contributed by atoms with van der Waals surface area (Å²) >= 11 is 0. The van der Waals surface area contributed by atoms with Crippen molar-refractivity contribution in [2.24, 2.45) is 5.41 Å². The summed E-state index contributed by atoms with van der Waals surface area (Å²) in [6.45, 7) is 4.79. The highest BCUT2D eigenvalue weighted by molar-refractivity contribution is 6.47. The minimum Gasteiger partial charge on any atom is -0.0620 e. The van der Waals surface area contributed by atoms with E-state index in [1.807, 2.05) is 0 Å². The molecular formula is C11H18B4. The average Bonchev–Trinajstić information content (AvgIpc) is 2.26. The summed E-state index contributed by atoms with van der Waals surface area (Å²) in [6.07, 6.45) is 0. The van der Waals surface area contributed by atoms with Gasteiger partial charge in [0.05, 0.1) is 0 Å². The van der Waals surface area contributed by atoms with E-state index in [4.69, 9.17) is 0 Å². The van der Waals surface area contributed by atoms with Gasteiger partial charge in [-0.05, 0) is 5.41 Å². The second-order valence-electron chi connectivity index (χ2n) is 6.42. The van der Waals surface area contributed by atoms with Gasteiger partial charge in [0.2, 0.25) is 0 Å². The SMILES string of the molecule is BC1(B)c2ccccc2C(B)(B)C1(C)C. The monoisotopic (exact) mass is 194 g/mol. The van der Waals surface area contributed by atoms with Gasteiger partial charge < -0.3 is 0 Å². The molecule has 0 radical (unpaired) electrons. The molecule has 0 spiro atoms. The molecule has 0 unspecified atom stereocenters. The first-order valence-corrected chi connectivity index (χ1v) is 5.83. The fraction of sp³-hybridized carbons (Fsp3) is 0.455. The van der Waals surface area contributed by atoms with Crippen LogP contribution < -0.4 is 0 Å². The van der Waals surface area contributed by atoms with Crippen LogP contribution in [0.4, 0.5) is 0 Å². The van der Waals surface area contributed by atoms with Gasteiger partial charge in [0.15, 0.2) is 0 Å². The summed E-state index contributed by atoms with van der Waals surface area (Å²) in [4.78, 5) is 0. The van der Waals surface area contributed by atoms with Crippen molar-refractivity contribution in [3.05, 3.63) is 35.4 Å². The number of benzene rings is 1. The van der Waals surface area contributed by atoms with E-state index in [1.165, 1.54) is 11.1 Å². The lowest BCUT2D eigenvalue weighted by Crippen LogP contribution is -2.50. The third-order valence-electron chi connectivity index (χ3n) is 5.40. The molecule has 1 aromatic rings. The summed E-state index contributed by atoms with van der Waals surface area (Å²) in [7, 11) is 9.50. The van der Waals surface area contributed by atoms with Gasteiger partial charge in [-0.2, -0.15) is 0 Å². The number of hydrogen-bond donors (Lipinski definition) is 0. The maximum atomic E-state index is 2.40. The maximum Gasteiger partial charge on any atom is 0.105 e. The van der Waals surface area contributed by atoms with Gasteiger partial charge in [-0.1, -0.05) is 59.7 Å². The molecule has 0 fully saturated rings. The van der Waals surface area contributed by atoms with Crippen LogP contribution in [0.1, 0.15) is 25.0 Å². The van der Waals surface area contributed by atoms with Gasteiger partial charge in [-0.25, -0.2) is 0 Å². The fourth-order valence-corrected chi connectivity index (χ4v) is 3.03. The molecular weight excluding hydrogens is 175 g/mol. The van der Waals surface area contributed by atoms with Gasteiger partial charge in [0, 0.05) is 0 Å². The predicted octanol–water partition coefficient (Wildman–Crippen LogP) is -1.44. The van der Waals surface area contributed by atoms with E-state index in [2.05, 4.69) is 69.5 Å². The Hall–Kier alpha value is -0.520. The lowest BCUT2D eigenvalue weighted by atomic mass is 9.33. The third kappa shape index (κ3) is 1.08. The van der Waals surface area contributed by atoms with Crippen LogP contribution in [0.15, 0.2) is 24.3 Å². The zero-order valence-corrected chi connectivity index (χ0v) is 10.8. The quantitative estimate of drug-likeness (QED) is 0.443. The van der Waals surface area contributed by atoms with Crippen molar-refractivity contribution in [2.75, 3.05) is 0 Å². The molecule has 0 N–H and O–H groups in total. The van der Waals surface area contributed by atoms with E-state index in [0.29, 0.717) is 5.41 Å². The summed E-state index contributed by atoms with van der Waals surface area (Å²) in [5.41, 5.74) is 3.35. The molecule has 0 nitrogen and oxygen atoms in total. The summed E-state index contributed by atoms with van der Waals surface area (Å²) in [5.74, 6) is 0. The Bertz CT molecular complexity index is 370. The molecule has 0 atom stereocenters. The Morgan fingerprint density at radius 2 is 1.13 bits per heavy atom. The molecule has 0 aromatic heterocycles. The lowest BCUT2D eigenvalue weighted by Gasteiger charge is -2.45. The van der Waals surface area contributed by atoms with Gasteiger partial charge in [-0.3, -0.25) is 0 Å². The standard InChI is InChI=1S/C11H18B4/c1-9(2)10(12,13)7-5-3-4-6-8(7)11(9,14)15/h3-6H,12-15H2,1-2H3. The van der Waals surface area contributed by atoms with E-state index in [-0.39, 0.29) is 10.4 Å². The number of rotatable bonds is 0. The highest BCUT2D eigenvalue weighted by atomic mass is 14.5.